The molecule has 2 N–H and O–H groups in total. The molecule has 0 aliphatic heterocycles. The summed E-state index contributed by atoms with van der Waals surface area (Å²) in [6, 6.07) is 14.0. The molecule has 2 aromatic rings. The number of hydrogen-bond acceptors (Lipinski definition) is 4. The SMILES string of the molecule is C=CC(O)OCCc1cc(-c2ccc(CCCF)cc2)ccc1OCCO. The number of rotatable bonds is 12. The largest absolute Gasteiger partial charge is 0.491 e. The Morgan fingerprint density at radius 1 is 1.04 bits per heavy atom. The van der Waals surface area contributed by atoms with E-state index in [1.807, 2.05) is 42.5 Å². The van der Waals surface area contributed by atoms with E-state index in [-0.39, 0.29) is 19.9 Å². The van der Waals surface area contributed by atoms with Gasteiger partial charge in [0.2, 0.25) is 0 Å². The third kappa shape index (κ3) is 6.79. The van der Waals surface area contributed by atoms with Crippen LogP contribution in [0.15, 0.2) is 55.1 Å². The highest BCUT2D eigenvalue weighted by Gasteiger charge is 2.09. The second-order valence-electron chi connectivity index (χ2n) is 6.13. The van der Waals surface area contributed by atoms with E-state index in [4.69, 9.17) is 14.6 Å². The summed E-state index contributed by atoms with van der Waals surface area (Å²) >= 11 is 0. The molecule has 0 bridgehead atoms. The Hall–Kier alpha value is -2.21. The minimum Gasteiger partial charge on any atom is -0.491 e. The van der Waals surface area contributed by atoms with Gasteiger partial charge in [0, 0.05) is 0 Å². The second kappa shape index (κ2) is 11.5. The summed E-state index contributed by atoms with van der Waals surface area (Å²) < 4.78 is 23.2. The lowest BCUT2D eigenvalue weighted by Crippen LogP contribution is -2.11. The molecule has 2 rings (SSSR count). The van der Waals surface area contributed by atoms with Gasteiger partial charge in [-0.1, -0.05) is 36.9 Å². The van der Waals surface area contributed by atoms with Gasteiger partial charge >= 0.3 is 0 Å². The summed E-state index contributed by atoms with van der Waals surface area (Å²) in [7, 11) is 0. The Morgan fingerprint density at radius 3 is 2.44 bits per heavy atom. The van der Waals surface area contributed by atoms with Crippen LogP contribution in [0.2, 0.25) is 0 Å². The summed E-state index contributed by atoms with van der Waals surface area (Å²) in [5.41, 5.74) is 4.13. The normalized spacial score (nSPS) is 12.0. The van der Waals surface area contributed by atoms with Crippen molar-refractivity contribution >= 4 is 0 Å². The predicted octanol–water partition coefficient (Wildman–Crippen LogP) is 3.69. The zero-order valence-electron chi connectivity index (χ0n) is 15.4. The van der Waals surface area contributed by atoms with Crippen molar-refractivity contribution in [3.8, 4) is 16.9 Å². The van der Waals surface area contributed by atoms with Crippen LogP contribution in [0.4, 0.5) is 4.39 Å². The number of alkyl halides is 1. The van der Waals surface area contributed by atoms with Gasteiger partial charge in [0.1, 0.15) is 12.4 Å². The highest BCUT2D eigenvalue weighted by atomic mass is 19.1. The van der Waals surface area contributed by atoms with Crippen LogP contribution < -0.4 is 4.74 Å². The molecule has 0 aliphatic carbocycles. The summed E-state index contributed by atoms with van der Waals surface area (Å²) in [6.45, 7) is 3.64. The van der Waals surface area contributed by atoms with E-state index in [0.29, 0.717) is 25.2 Å². The maximum Gasteiger partial charge on any atom is 0.173 e. The van der Waals surface area contributed by atoms with Crippen molar-refractivity contribution in [3.05, 3.63) is 66.2 Å². The number of benzene rings is 2. The molecule has 0 aliphatic rings. The zero-order chi connectivity index (χ0) is 19.5. The molecule has 27 heavy (non-hydrogen) atoms. The number of hydrogen-bond donors (Lipinski definition) is 2. The van der Waals surface area contributed by atoms with Gasteiger partial charge in [-0.2, -0.15) is 0 Å². The van der Waals surface area contributed by atoms with Gasteiger partial charge in [0.25, 0.3) is 0 Å². The lowest BCUT2D eigenvalue weighted by Gasteiger charge is -2.14. The topological polar surface area (TPSA) is 58.9 Å². The van der Waals surface area contributed by atoms with E-state index in [0.717, 1.165) is 28.7 Å². The van der Waals surface area contributed by atoms with E-state index in [1.165, 1.54) is 6.08 Å². The molecule has 0 amide bonds. The molecule has 0 fully saturated rings. The van der Waals surface area contributed by atoms with E-state index < -0.39 is 6.29 Å². The molecule has 146 valence electrons. The summed E-state index contributed by atoms with van der Waals surface area (Å²) in [4.78, 5) is 0. The molecule has 0 aromatic heterocycles. The van der Waals surface area contributed by atoms with Crippen LogP contribution in [-0.4, -0.2) is 43.0 Å². The van der Waals surface area contributed by atoms with Crippen LogP contribution in [0, 0.1) is 0 Å². The van der Waals surface area contributed by atoms with Gasteiger partial charge in [0.05, 0.1) is 19.9 Å². The van der Waals surface area contributed by atoms with Crippen molar-refractivity contribution in [3.63, 3.8) is 0 Å². The summed E-state index contributed by atoms with van der Waals surface area (Å²) in [5.74, 6) is 0.684. The van der Waals surface area contributed by atoms with E-state index >= 15 is 0 Å². The first-order chi connectivity index (χ1) is 13.2. The maximum absolute atomic E-state index is 12.3. The third-order valence-electron chi connectivity index (χ3n) is 4.16. The van der Waals surface area contributed by atoms with Crippen LogP contribution in [0.1, 0.15) is 17.5 Å². The third-order valence-corrected chi connectivity index (χ3v) is 4.16. The van der Waals surface area contributed by atoms with E-state index in [2.05, 4.69) is 6.58 Å². The summed E-state index contributed by atoms with van der Waals surface area (Å²) in [5, 5.41) is 18.4. The Kier molecular flexibility index (Phi) is 8.98. The monoisotopic (exact) mass is 374 g/mol. The Balaban J connectivity index is 2.16. The fraction of sp³-hybridized carbons (Fsp3) is 0.364. The number of aryl methyl sites for hydroxylation is 1. The highest BCUT2D eigenvalue weighted by molar-refractivity contribution is 5.66. The van der Waals surface area contributed by atoms with Crippen molar-refractivity contribution in [2.75, 3.05) is 26.5 Å². The quantitative estimate of drug-likeness (QED) is 0.439. The van der Waals surface area contributed by atoms with Gasteiger partial charge in [0.15, 0.2) is 6.29 Å². The second-order valence-corrected chi connectivity index (χ2v) is 6.13. The molecule has 0 saturated heterocycles. The number of aliphatic hydroxyl groups excluding tert-OH is 2. The molecule has 0 spiro atoms. The minimum atomic E-state index is -0.994. The smallest absolute Gasteiger partial charge is 0.173 e. The van der Waals surface area contributed by atoms with Crippen LogP contribution in [-0.2, 0) is 17.6 Å². The lowest BCUT2D eigenvalue weighted by molar-refractivity contribution is -0.0626. The van der Waals surface area contributed by atoms with Gasteiger partial charge in [-0.05, 0) is 59.7 Å². The van der Waals surface area contributed by atoms with Crippen molar-refractivity contribution in [2.24, 2.45) is 0 Å². The first-order valence-electron chi connectivity index (χ1n) is 9.12. The molecule has 0 heterocycles. The molecule has 5 heteroatoms. The van der Waals surface area contributed by atoms with E-state index in [1.54, 1.807) is 0 Å². The first-order valence-corrected chi connectivity index (χ1v) is 9.12. The van der Waals surface area contributed by atoms with Crippen molar-refractivity contribution < 1.29 is 24.1 Å². The molecule has 0 radical (unpaired) electrons. The molecule has 1 unspecified atom stereocenters. The molecular formula is C22H27FO4. The van der Waals surface area contributed by atoms with Crippen molar-refractivity contribution in [1.29, 1.82) is 0 Å². The Morgan fingerprint density at radius 2 is 1.78 bits per heavy atom. The Labute approximate surface area is 159 Å². The van der Waals surface area contributed by atoms with Crippen LogP contribution in [0.3, 0.4) is 0 Å². The van der Waals surface area contributed by atoms with Gasteiger partial charge in [-0.15, -0.1) is 0 Å². The number of ether oxygens (including phenoxy) is 2. The standard InChI is InChI=1S/C22H27FO4/c1-2-22(25)27-14-11-20-16-19(9-10-21(20)26-15-13-24)18-7-5-17(6-8-18)4-3-12-23/h2,5-10,16,22,24-25H,1,3-4,11-15H2. The van der Waals surface area contributed by atoms with Crippen LogP contribution in [0.25, 0.3) is 11.1 Å². The average Bonchev–Trinajstić information content (AvgIpc) is 2.71. The van der Waals surface area contributed by atoms with Crippen molar-refractivity contribution in [2.45, 2.75) is 25.6 Å². The van der Waals surface area contributed by atoms with Crippen molar-refractivity contribution in [1.82, 2.24) is 0 Å². The highest BCUT2D eigenvalue weighted by Crippen LogP contribution is 2.28. The molecule has 1 atom stereocenters. The van der Waals surface area contributed by atoms with Crippen LogP contribution in [0.5, 0.6) is 5.75 Å². The zero-order valence-corrected chi connectivity index (χ0v) is 15.4. The first kappa shape index (κ1) is 21.1. The molecular weight excluding hydrogens is 347 g/mol. The van der Waals surface area contributed by atoms with Crippen LogP contribution >= 0.6 is 0 Å². The fourth-order valence-electron chi connectivity index (χ4n) is 2.74. The molecule has 0 saturated carbocycles. The van der Waals surface area contributed by atoms with Gasteiger partial charge < -0.3 is 19.7 Å². The maximum atomic E-state index is 12.3. The molecule has 4 nitrogen and oxygen atoms in total. The Bertz CT molecular complexity index is 700. The fourth-order valence-corrected chi connectivity index (χ4v) is 2.74. The molecule has 2 aromatic carbocycles. The van der Waals surface area contributed by atoms with Gasteiger partial charge in [-0.25, -0.2) is 0 Å². The average molecular weight is 374 g/mol. The van der Waals surface area contributed by atoms with E-state index in [9.17, 15) is 9.50 Å². The number of aliphatic hydroxyl groups is 2. The summed E-state index contributed by atoms with van der Waals surface area (Å²) in [6.07, 6.45) is 2.15. The number of halogens is 1. The predicted molar refractivity (Wildman–Crippen MR) is 105 cm³/mol. The minimum absolute atomic E-state index is 0.0623. The lowest BCUT2D eigenvalue weighted by atomic mass is 9.99. The van der Waals surface area contributed by atoms with Gasteiger partial charge in [-0.3, -0.25) is 4.39 Å².